The number of anilines is 1. The number of hydrogen-bond donors (Lipinski definition) is 1. The van der Waals surface area contributed by atoms with Gasteiger partial charge >= 0.3 is 5.97 Å². The number of nitrogens with zero attached hydrogens (tertiary/aromatic N) is 1. The van der Waals surface area contributed by atoms with Gasteiger partial charge < -0.3 is 10.5 Å². The summed E-state index contributed by atoms with van der Waals surface area (Å²) in [7, 11) is 1.28. The van der Waals surface area contributed by atoms with Gasteiger partial charge in [0.2, 0.25) is 0 Å². The van der Waals surface area contributed by atoms with Gasteiger partial charge in [0.05, 0.1) is 18.4 Å². The first-order valence-electron chi connectivity index (χ1n) is 3.49. The summed E-state index contributed by atoms with van der Waals surface area (Å²) in [6.45, 7) is 1.74. The second kappa shape index (κ2) is 3.46. The Hall–Kier alpha value is -1.54. The van der Waals surface area contributed by atoms with Crippen LogP contribution in [0.2, 0.25) is 0 Å². The second-order valence-corrected chi connectivity index (χ2v) is 3.60. The Labute approximate surface area is 79.5 Å². The van der Waals surface area contributed by atoms with Gasteiger partial charge in [0.1, 0.15) is 10.9 Å². The molecule has 0 bridgehead atoms. The first-order chi connectivity index (χ1) is 6.11. The van der Waals surface area contributed by atoms with E-state index in [1.165, 1.54) is 18.4 Å². The highest BCUT2D eigenvalue weighted by Gasteiger charge is 2.18. The lowest BCUT2D eigenvalue weighted by Crippen LogP contribution is -2.02. The molecule has 2 N–H and O–H groups in total. The third-order valence-corrected chi connectivity index (χ3v) is 2.70. The highest BCUT2D eigenvalue weighted by molar-refractivity contribution is 7.14. The van der Waals surface area contributed by atoms with Crippen LogP contribution in [0.15, 0.2) is 0 Å². The fraction of sp³-hybridized carbons (Fsp3) is 0.250. The number of esters is 1. The fourth-order valence-electron chi connectivity index (χ4n) is 0.946. The first-order valence-corrected chi connectivity index (χ1v) is 4.30. The Balaban J connectivity index is 3.28. The minimum atomic E-state index is -0.493. The largest absolute Gasteiger partial charge is 0.465 e. The van der Waals surface area contributed by atoms with Crippen molar-refractivity contribution < 1.29 is 9.53 Å². The van der Waals surface area contributed by atoms with E-state index in [2.05, 4.69) is 4.74 Å². The molecule has 68 valence electrons. The van der Waals surface area contributed by atoms with Crippen LogP contribution in [0, 0.1) is 18.3 Å². The molecule has 0 fully saturated rings. The minimum Gasteiger partial charge on any atom is -0.465 e. The number of nitriles is 1. The monoisotopic (exact) mass is 196 g/mol. The van der Waals surface area contributed by atoms with Gasteiger partial charge in [-0.05, 0) is 6.92 Å². The highest BCUT2D eigenvalue weighted by Crippen LogP contribution is 2.29. The number of carbonyl (C=O) groups is 1. The number of carbonyl (C=O) groups excluding carboxylic acids is 1. The summed E-state index contributed by atoms with van der Waals surface area (Å²) in [5.74, 6) is -0.493. The summed E-state index contributed by atoms with van der Waals surface area (Å²) in [4.78, 5) is 12.2. The number of thiophene rings is 1. The van der Waals surface area contributed by atoms with Crippen molar-refractivity contribution in [3.8, 4) is 6.07 Å². The average Bonchev–Trinajstić information content (AvgIpc) is 2.40. The molecular formula is C8H8N2O2S. The van der Waals surface area contributed by atoms with Crippen molar-refractivity contribution in [1.82, 2.24) is 0 Å². The lowest BCUT2D eigenvalue weighted by molar-refractivity contribution is 0.0607. The van der Waals surface area contributed by atoms with Crippen LogP contribution in [-0.2, 0) is 4.74 Å². The third kappa shape index (κ3) is 1.48. The van der Waals surface area contributed by atoms with Gasteiger partial charge in [0.25, 0.3) is 0 Å². The van der Waals surface area contributed by atoms with Crippen molar-refractivity contribution in [3.05, 3.63) is 15.3 Å². The van der Waals surface area contributed by atoms with Crippen LogP contribution in [0.25, 0.3) is 0 Å². The molecular weight excluding hydrogens is 188 g/mol. The SMILES string of the molecule is COC(=O)c1sc(C)c(C#N)c1N. The van der Waals surface area contributed by atoms with E-state index < -0.39 is 5.97 Å². The van der Waals surface area contributed by atoms with E-state index in [9.17, 15) is 4.79 Å². The molecule has 5 heteroatoms. The summed E-state index contributed by atoms with van der Waals surface area (Å²) in [6, 6.07) is 1.94. The van der Waals surface area contributed by atoms with Gasteiger partial charge in [-0.15, -0.1) is 11.3 Å². The molecule has 0 amide bonds. The highest BCUT2D eigenvalue weighted by atomic mass is 32.1. The summed E-state index contributed by atoms with van der Waals surface area (Å²) in [5.41, 5.74) is 6.16. The normalized spacial score (nSPS) is 9.31. The summed E-state index contributed by atoms with van der Waals surface area (Å²) >= 11 is 1.18. The molecule has 0 aliphatic rings. The van der Waals surface area contributed by atoms with Crippen LogP contribution >= 0.6 is 11.3 Å². The Kier molecular flexibility index (Phi) is 2.54. The molecule has 13 heavy (non-hydrogen) atoms. The van der Waals surface area contributed by atoms with E-state index in [1.807, 2.05) is 6.07 Å². The molecule has 1 aromatic heterocycles. The molecule has 0 radical (unpaired) electrons. The van der Waals surface area contributed by atoms with Crippen molar-refractivity contribution in [1.29, 1.82) is 5.26 Å². The zero-order valence-electron chi connectivity index (χ0n) is 7.25. The van der Waals surface area contributed by atoms with Crippen LogP contribution < -0.4 is 5.73 Å². The molecule has 0 saturated heterocycles. The molecule has 0 aliphatic carbocycles. The number of methoxy groups -OCH3 is 1. The van der Waals surface area contributed by atoms with Gasteiger partial charge in [-0.25, -0.2) is 4.79 Å². The maximum absolute atomic E-state index is 11.1. The Bertz CT molecular complexity index is 390. The Morgan fingerprint density at radius 1 is 1.69 bits per heavy atom. The van der Waals surface area contributed by atoms with E-state index in [4.69, 9.17) is 11.0 Å². The zero-order valence-corrected chi connectivity index (χ0v) is 8.07. The van der Waals surface area contributed by atoms with Crippen LogP contribution in [-0.4, -0.2) is 13.1 Å². The van der Waals surface area contributed by atoms with Crippen LogP contribution in [0.3, 0.4) is 0 Å². The number of ether oxygens (including phenoxy) is 1. The van der Waals surface area contributed by atoms with Crippen molar-refractivity contribution in [2.45, 2.75) is 6.92 Å². The second-order valence-electron chi connectivity index (χ2n) is 2.38. The number of nitrogen functional groups attached to an aromatic ring is 1. The lowest BCUT2D eigenvalue weighted by atomic mass is 10.2. The number of rotatable bonds is 1. The molecule has 4 nitrogen and oxygen atoms in total. The average molecular weight is 196 g/mol. The van der Waals surface area contributed by atoms with Crippen molar-refractivity contribution in [2.24, 2.45) is 0 Å². The van der Waals surface area contributed by atoms with E-state index in [0.29, 0.717) is 10.4 Å². The standard InChI is InChI=1S/C8H8N2O2S/c1-4-5(3-9)6(10)7(13-4)8(11)12-2/h10H2,1-2H3. The van der Waals surface area contributed by atoms with Gasteiger partial charge in [0.15, 0.2) is 0 Å². The van der Waals surface area contributed by atoms with E-state index in [-0.39, 0.29) is 5.69 Å². The summed E-state index contributed by atoms with van der Waals surface area (Å²) in [5, 5.41) is 8.69. The lowest BCUT2D eigenvalue weighted by Gasteiger charge is -1.95. The predicted octanol–water partition coefficient (Wildman–Crippen LogP) is 1.30. The summed E-state index contributed by atoms with van der Waals surface area (Å²) < 4.78 is 4.51. The van der Waals surface area contributed by atoms with E-state index in [1.54, 1.807) is 6.92 Å². The van der Waals surface area contributed by atoms with Gasteiger partial charge in [0, 0.05) is 4.88 Å². The Morgan fingerprint density at radius 3 is 2.69 bits per heavy atom. The van der Waals surface area contributed by atoms with Crippen LogP contribution in [0.4, 0.5) is 5.69 Å². The van der Waals surface area contributed by atoms with Crippen molar-refractivity contribution in [2.75, 3.05) is 12.8 Å². The quantitative estimate of drug-likeness (QED) is 0.687. The molecule has 0 aliphatic heterocycles. The number of nitrogens with two attached hydrogens (primary N) is 1. The smallest absolute Gasteiger partial charge is 0.350 e. The zero-order chi connectivity index (χ0) is 10.0. The van der Waals surface area contributed by atoms with Gasteiger partial charge in [-0.3, -0.25) is 0 Å². The molecule has 0 atom stereocenters. The van der Waals surface area contributed by atoms with Crippen molar-refractivity contribution >= 4 is 23.0 Å². The van der Waals surface area contributed by atoms with Crippen LogP contribution in [0.5, 0.6) is 0 Å². The first kappa shape index (κ1) is 9.55. The number of aryl methyl sites for hydroxylation is 1. The Morgan fingerprint density at radius 2 is 2.31 bits per heavy atom. The predicted molar refractivity (Wildman–Crippen MR) is 49.5 cm³/mol. The molecule has 0 spiro atoms. The molecule has 0 unspecified atom stereocenters. The topological polar surface area (TPSA) is 76.1 Å². The van der Waals surface area contributed by atoms with E-state index >= 15 is 0 Å². The van der Waals surface area contributed by atoms with Crippen LogP contribution in [0.1, 0.15) is 20.1 Å². The third-order valence-electron chi connectivity index (χ3n) is 1.60. The van der Waals surface area contributed by atoms with Gasteiger partial charge in [-0.1, -0.05) is 0 Å². The van der Waals surface area contributed by atoms with Crippen molar-refractivity contribution in [3.63, 3.8) is 0 Å². The molecule has 1 aromatic rings. The maximum atomic E-state index is 11.1. The molecule has 0 saturated carbocycles. The van der Waals surface area contributed by atoms with E-state index in [0.717, 1.165) is 4.88 Å². The van der Waals surface area contributed by atoms with Gasteiger partial charge in [-0.2, -0.15) is 5.26 Å². The summed E-state index contributed by atoms with van der Waals surface area (Å²) in [6.07, 6.45) is 0. The maximum Gasteiger partial charge on any atom is 0.350 e. The molecule has 1 heterocycles. The fourth-order valence-corrected chi connectivity index (χ4v) is 1.89. The molecule has 0 aromatic carbocycles. The minimum absolute atomic E-state index is 0.219. The molecule has 1 rings (SSSR count). The number of hydrogen-bond acceptors (Lipinski definition) is 5.